The Labute approximate surface area is 297 Å². The van der Waals surface area contributed by atoms with E-state index in [9.17, 15) is 46.1 Å². The molecule has 0 unspecified atom stereocenters. The second kappa shape index (κ2) is 16.8. The smallest absolute Gasteiger partial charge is 0.418 e. The number of carbonyl (C=O) groups is 2. The third kappa shape index (κ3) is 9.33. The van der Waals surface area contributed by atoms with Crippen LogP contribution < -0.4 is 10.6 Å². The van der Waals surface area contributed by atoms with E-state index in [-0.39, 0.29) is 74.6 Å². The van der Waals surface area contributed by atoms with Gasteiger partial charge < -0.3 is 26.3 Å². The number of carboxylic acids is 2. The summed E-state index contributed by atoms with van der Waals surface area (Å²) < 4.78 is 78.6. The van der Waals surface area contributed by atoms with Crippen LogP contribution in [-0.4, -0.2) is 37.6 Å². The third-order valence-corrected chi connectivity index (χ3v) is 7.01. The van der Waals surface area contributed by atoms with Crippen LogP contribution in [0.4, 0.5) is 49.1 Å². The average molecular weight is 755 g/mol. The second-order valence-corrected chi connectivity index (χ2v) is 10.1. The molecule has 268 valence electrons. The maximum atomic E-state index is 13.1. The van der Waals surface area contributed by atoms with Crippen molar-refractivity contribution in [3.8, 4) is 0 Å². The molecule has 0 radical (unpaired) electrons. The van der Waals surface area contributed by atoms with Crippen LogP contribution in [0, 0.1) is 0 Å². The van der Waals surface area contributed by atoms with Gasteiger partial charge in [0.2, 0.25) is 0 Å². The number of aromatic carboxylic acids is 2. The molecule has 0 fully saturated rings. The molecule has 6 rings (SSSR count). The fourth-order valence-corrected chi connectivity index (χ4v) is 4.88. The van der Waals surface area contributed by atoms with Crippen LogP contribution in [0.1, 0.15) is 31.8 Å². The third-order valence-electron chi connectivity index (χ3n) is 7.01. The quantitative estimate of drug-likeness (QED) is 0.123. The number of hydrogen-bond donors (Lipinski definition) is 4. The number of rotatable bonds is 6. The first kappa shape index (κ1) is 41.5. The number of carboxylic acid groups (broad SMARTS) is 2. The number of fused-ring (bicyclic) bond motifs is 2. The number of anilines is 4. The van der Waals surface area contributed by atoms with Crippen molar-refractivity contribution in [1.82, 2.24) is 9.97 Å². The average Bonchev–Trinajstić information content (AvgIpc) is 3.04. The van der Waals surface area contributed by atoms with Crippen molar-refractivity contribution in [3.63, 3.8) is 0 Å². The molecular weight excluding hydrogens is 729 g/mol. The molecule has 4 aromatic carbocycles. The number of benzene rings is 4. The first-order valence-corrected chi connectivity index (χ1v) is 13.8. The van der Waals surface area contributed by atoms with E-state index in [1.54, 1.807) is 36.4 Å². The summed E-state index contributed by atoms with van der Waals surface area (Å²) in [6.07, 6.45) is -6.54. The Morgan fingerprint density at radius 3 is 1.20 bits per heavy atom. The molecule has 0 amide bonds. The van der Waals surface area contributed by atoms with E-state index in [1.807, 2.05) is 0 Å². The van der Waals surface area contributed by atoms with E-state index in [2.05, 4.69) is 20.6 Å². The minimum absolute atomic E-state index is 0. The summed E-state index contributed by atoms with van der Waals surface area (Å²) >= 11 is 0. The largest absolute Gasteiger partial charge is 0.478 e. The Bertz CT molecular complexity index is 2010. The highest BCUT2D eigenvalue weighted by molar-refractivity contribution is 6.00. The second-order valence-electron chi connectivity index (χ2n) is 10.1. The van der Waals surface area contributed by atoms with Gasteiger partial charge in [0.15, 0.2) is 0 Å². The van der Waals surface area contributed by atoms with Gasteiger partial charge in [-0.05, 0) is 48.5 Å². The Morgan fingerprint density at radius 1 is 0.510 bits per heavy atom. The number of alkyl halides is 6. The number of aromatic nitrogens is 2. The number of nitrogens with one attached hydrogen (secondary N) is 2. The summed E-state index contributed by atoms with van der Waals surface area (Å²) in [6, 6.07) is 22.9. The van der Waals surface area contributed by atoms with Crippen LogP contribution in [-0.2, 0) is 12.4 Å². The van der Waals surface area contributed by atoms with Crippen LogP contribution in [0.2, 0.25) is 0 Å². The first-order valence-electron chi connectivity index (χ1n) is 13.8. The van der Waals surface area contributed by atoms with Gasteiger partial charge in [0.25, 0.3) is 0 Å². The molecule has 51 heavy (non-hydrogen) atoms. The molecule has 2 heterocycles. The number of nitrogens with zero attached hydrogens (tertiary/aromatic N) is 2. The Balaban J connectivity index is 0.000000334. The van der Waals surface area contributed by atoms with Crippen LogP contribution in [0.25, 0.3) is 21.8 Å². The number of halogens is 8. The van der Waals surface area contributed by atoms with Gasteiger partial charge in [0.05, 0.1) is 44.7 Å². The van der Waals surface area contributed by atoms with E-state index in [1.165, 1.54) is 60.9 Å². The summed E-state index contributed by atoms with van der Waals surface area (Å²) in [5.41, 5.74) is -0.746. The highest BCUT2D eigenvalue weighted by atomic mass is 35.5. The van der Waals surface area contributed by atoms with Gasteiger partial charge in [0, 0.05) is 34.5 Å². The molecule has 6 aromatic rings. The van der Waals surface area contributed by atoms with Gasteiger partial charge in [-0.2, -0.15) is 26.3 Å². The zero-order valence-electron chi connectivity index (χ0n) is 25.6. The lowest BCUT2D eigenvalue weighted by molar-refractivity contribution is -0.137. The number of pyridine rings is 2. The molecule has 6 N–H and O–H groups in total. The van der Waals surface area contributed by atoms with E-state index in [0.29, 0.717) is 11.4 Å². The molecule has 9 nitrogen and oxygen atoms in total. The first-order chi connectivity index (χ1) is 22.8. The van der Waals surface area contributed by atoms with Gasteiger partial charge in [-0.15, -0.1) is 24.8 Å². The predicted octanol–water partition coefficient (Wildman–Crippen LogP) is 9.41. The van der Waals surface area contributed by atoms with Crippen molar-refractivity contribution < 1.29 is 51.6 Å². The highest BCUT2D eigenvalue weighted by Gasteiger charge is 2.34. The van der Waals surface area contributed by atoms with E-state index in [4.69, 9.17) is 0 Å². The maximum absolute atomic E-state index is 13.1. The summed E-state index contributed by atoms with van der Waals surface area (Å²) in [6.45, 7) is 0. The van der Waals surface area contributed by atoms with Crippen molar-refractivity contribution in [2.45, 2.75) is 12.4 Å². The van der Waals surface area contributed by atoms with Gasteiger partial charge in [-0.25, -0.2) is 9.59 Å². The Morgan fingerprint density at radius 2 is 0.863 bits per heavy atom. The molecule has 2 aromatic heterocycles. The SMILES string of the molecule is Cl.Cl.O.O=C(O)c1ccccc1Nc1ccnc2c(C(F)(F)F)cccc12.O=C(O)c1ccccc1Nc1ccnc2c(C(F)(F)F)cccc12. The molecule has 0 bridgehead atoms. The van der Waals surface area contributed by atoms with Crippen molar-refractivity contribution in [1.29, 1.82) is 0 Å². The lowest BCUT2D eigenvalue weighted by Crippen LogP contribution is -2.07. The van der Waals surface area contributed by atoms with Gasteiger partial charge in [-0.1, -0.05) is 48.5 Å². The minimum Gasteiger partial charge on any atom is -0.478 e. The van der Waals surface area contributed by atoms with Crippen LogP contribution in [0.5, 0.6) is 0 Å². The van der Waals surface area contributed by atoms with Crippen LogP contribution >= 0.6 is 24.8 Å². The van der Waals surface area contributed by atoms with Gasteiger partial charge in [-0.3, -0.25) is 9.97 Å². The van der Waals surface area contributed by atoms with Crippen molar-refractivity contribution in [3.05, 3.63) is 132 Å². The van der Waals surface area contributed by atoms with Crippen molar-refractivity contribution in [2.24, 2.45) is 0 Å². The van der Waals surface area contributed by atoms with Gasteiger partial charge in [0.1, 0.15) is 0 Å². The molecule has 0 atom stereocenters. The lowest BCUT2D eigenvalue weighted by Gasteiger charge is -2.14. The van der Waals surface area contributed by atoms with Crippen molar-refractivity contribution in [2.75, 3.05) is 10.6 Å². The van der Waals surface area contributed by atoms with Crippen LogP contribution in [0.3, 0.4) is 0 Å². The normalized spacial score (nSPS) is 10.8. The fourth-order valence-electron chi connectivity index (χ4n) is 4.88. The zero-order valence-corrected chi connectivity index (χ0v) is 27.2. The van der Waals surface area contributed by atoms with E-state index < -0.39 is 35.4 Å². The molecule has 0 saturated heterocycles. The summed E-state index contributed by atoms with van der Waals surface area (Å²) in [7, 11) is 0. The molecule has 17 heteroatoms. The van der Waals surface area contributed by atoms with E-state index >= 15 is 0 Å². The van der Waals surface area contributed by atoms with Crippen LogP contribution in [0.15, 0.2) is 109 Å². The molecule has 0 aliphatic heterocycles. The molecule has 0 spiro atoms. The molecule has 0 aliphatic carbocycles. The Kier molecular flexibility index (Phi) is 13.7. The summed E-state index contributed by atoms with van der Waals surface area (Å²) in [4.78, 5) is 30.2. The lowest BCUT2D eigenvalue weighted by atomic mass is 10.1. The predicted molar refractivity (Wildman–Crippen MR) is 185 cm³/mol. The fraction of sp³-hybridized carbons (Fsp3) is 0.0588. The van der Waals surface area contributed by atoms with E-state index in [0.717, 1.165) is 12.1 Å². The highest BCUT2D eigenvalue weighted by Crippen LogP contribution is 2.38. The number of para-hydroxylation sites is 4. The van der Waals surface area contributed by atoms with Gasteiger partial charge >= 0.3 is 24.3 Å². The molecule has 0 saturated carbocycles. The van der Waals surface area contributed by atoms with Crippen molar-refractivity contribution >= 4 is 81.3 Å². The Hall–Kier alpha value is -5.64. The standard InChI is InChI=1S/2C17H11F3N2O2.2ClH.H2O/c2*18-17(19,20)12-6-3-5-10-14(8-9-21-15(10)12)22-13-7-2-1-4-11(13)16(23)24;;;/h2*1-9H,(H,21,22)(H,23,24);2*1H;1H2. The monoisotopic (exact) mass is 754 g/mol. The molecule has 0 aliphatic rings. The maximum Gasteiger partial charge on any atom is 0.418 e. The topological polar surface area (TPSA) is 156 Å². The summed E-state index contributed by atoms with van der Waals surface area (Å²) in [5.74, 6) is -2.26. The summed E-state index contributed by atoms with van der Waals surface area (Å²) in [5, 5.41) is 24.7. The molecular formula is C34H26Cl2F6N4O5. The minimum atomic E-state index is -4.52. The number of hydrogen-bond acceptors (Lipinski definition) is 6. The zero-order chi connectivity index (χ0) is 34.6.